The molecule has 0 radical (unpaired) electrons. The third kappa shape index (κ3) is 1.71. The van der Waals surface area contributed by atoms with E-state index in [2.05, 4.69) is 5.32 Å². The van der Waals surface area contributed by atoms with Crippen LogP contribution in [0, 0.1) is 5.41 Å². The number of benzene rings is 1. The summed E-state index contributed by atoms with van der Waals surface area (Å²) in [5.41, 5.74) is 0.688. The van der Waals surface area contributed by atoms with Gasteiger partial charge in [0.05, 0.1) is 5.41 Å². The van der Waals surface area contributed by atoms with Crippen molar-refractivity contribution in [3.05, 3.63) is 35.9 Å². The first-order valence-corrected chi connectivity index (χ1v) is 5.62. The summed E-state index contributed by atoms with van der Waals surface area (Å²) in [5.74, 6) is 0.212. The summed E-state index contributed by atoms with van der Waals surface area (Å²) >= 11 is 0. The number of nitrogens with one attached hydrogen (secondary N) is 1. The van der Waals surface area contributed by atoms with Crippen molar-refractivity contribution in [2.24, 2.45) is 5.41 Å². The highest BCUT2D eigenvalue weighted by Crippen LogP contribution is 2.42. The van der Waals surface area contributed by atoms with Gasteiger partial charge in [0.1, 0.15) is 0 Å². The first-order valence-electron chi connectivity index (χ1n) is 5.62. The van der Waals surface area contributed by atoms with Crippen LogP contribution in [0.15, 0.2) is 30.3 Å². The Bertz CT molecular complexity index is 377. The molecule has 2 rings (SSSR count). The van der Waals surface area contributed by atoms with Crippen LogP contribution >= 0.6 is 0 Å². The van der Waals surface area contributed by atoms with Crippen molar-refractivity contribution in [2.75, 3.05) is 13.2 Å². The number of hydrogen-bond acceptors (Lipinski definition) is 2. The largest absolute Gasteiger partial charge is 0.396 e. The lowest BCUT2D eigenvalue weighted by Gasteiger charge is -2.27. The molecule has 2 N–H and O–H groups in total. The molecule has 1 heterocycles. The Hall–Kier alpha value is -1.35. The van der Waals surface area contributed by atoms with Gasteiger partial charge in [-0.1, -0.05) is 37.3 Å². The van der Waals surface area contributed by atoms with Crippen LogP contribution in [0.2, 0.25) is 0 Å². The molecule has 2 atom stereocenters. The summed E-state index contributed by atoms with van der Waals surface area (Å²) < 4.78 is 0. The van der Waals surface area contributed by atoms with Crippen LogP contribution in [-0.4, -0.2) is 24.2 Å². The lowest BCUT2D eigenvalue weighted by atomic mass is 9.73. The van der Waals surface area contributed by atoms with Crippen molar-refractivity contribution >= 4 is 5.91 Å². The zero-order valence-electron chi connectivity index (χ0n) is 9.44. The van der Waals surface area contributed by atoms with Crippen molar-refractivity contribution in [1.82, 2.24) is 5.32 Å². The molecule has 1 amide bonds. The summed E-state index contributed by atoms with van der Waals surface area (Å²) in [6.45, 7) is 2.65. The van der Waals surface area contributed by atoms with Crippen molar-refractivity contribution in [3.63, 3.8) is 0 Å². The number of carbonyl (C=O) groups is 1. The van der Waals surface area contributed by atoms with Crippen LogP contribution in [0.5, 0.6) is 0 Å². The topological polar surface area (TPSA) is 49.3 Å². The van der Waals surface area contributed by atoms with Gasteiger partial charge in [0, 0.05) is 19.1 Å². The molecule has 1 aromatic carbocycles. The second-order valence-corrected chi connectivity index (χ2v) is 4.56. The van der Waals surface area contributed by atoms with Crippen LogP contribution in [0.4, 0.5) is 0 Å². The Balaban J connectivity index is 2.31. The van der Waals surface area contributed by atoms with Crippen molar-refractivity contribution in [2.45, 2.75) is 19.3 Å². The number of aliphatic hydroxyl groups is 1. The molecular formula is C13H17NO2. The normalized spacial score (nSPS) is 29.1. The molecule has 3 nitrogen and oxygen atoms in total. The maximum absolute atomic E-state index is 11.8. The molecule has 0 spiro atoms. The van der Waals surface area contributed by atoms with Crippen LogP contribution in [0.3, 0.4) is 0 Å². The first kappa shape index (κ1) is 11.1. The molecular weight excluding hydrogens is 202 g/mol. The van der Waals surface area contributed by atoms with Gasteiger partial charge in [-0.3, -0.25) is 4.79 Å². The number of amides is 1. The molecule has 1 saturated heterocycles. The fourth-order valence-corrected chi connectivity index (χ4v) is 2.47. The highest BCUT2D eigenvalue weighted by atomic mass is 16.3. The van der Waals surface area contributed by atoms with Crippen molar-refractivity contribution < 1.29 is 9.90 Å². The van der Waals surface area contributed by atoms with E-state index in [0.717, 1.165) is 5.56 Å². The van der Waals surface area contributed by atoms with E-state index in [-0.39, 0.29) is 18.4 Å². The Labute approximate surface area is 95.5 Å². The lowest BCUT2D eigenvalue weighted by molar-refractivity contribution is -0.128. The van der Waals surface area contributed by atoms with Gasteiger partial charge < -0.3 is 10.4 Å². The molecule has 16 heavy (non-hydrogen) atoms. The summed E-state index contributed by atoms with van der Waals surface area (Å²) in [4.78, 5) is 11.8. The Kier molecular flexibility index (Phi) is 2.97. The molecule has 3 heteroatoms. The molecule has 0 bridgehead atoms. The smallest absolute Gasteiger partial charge is 0.226 e. The summed E-state index contributed by atoms with van der Waals surface area (Å²) in [7, 11) is 0. The van der Waals surface area contributed by atoms with Crippen molar-refractivity contribution in [1.29, 1.82) is 0 Å². The van der Waals surface area contributed by atoms with Gasteiger partial charge in [0.15, 0.2) is 0 Å². The predicted molar refractivity (Wildman–Crippen MR) is 62.0 cm³/mol. The fourth-order valence-electron chi connectivity index (χ4n) is 2.47. The van der Waals surface area contributed by atoms with E-state index < -0.39 is 5.41 Å². The van der Waals surface area contributed by atoms with Crippen LogP contribution < -0.4 is 5.32 Å². The van der Waals surface area contributed by atoms with Gasteiger partial charge in [0.25, 0.3) is 0 Å². The second kappa shape index (κ2) is 4.26. The SMILES string of the molecule is C[C@]1(CCO)C(=O)NC[C@@H]1c1ccccc1. The average Bonchev–Trinajstić information content (AvgIpc) is 2.58. The Morgan fingerprint density at radius 3 is 2.75 bits per heavy atom. The monoisotopic (exact) mass is 219 g/mol. The van der Waals surface area contributed by atoms with E-state index in [0.29, 0.717) is 13.0 Å². The molecule has 1 aliphatic heterocycles. The van der Waals surface area contributed by atoms with Crippen molar-refractivity contribution in [3.8, 4) is 0 Å². The molecule has 86 valence electrons. The summed E-state index contributed by atoms with van der Waals surface area (Å²) in [6, 6.07) is 10.0. The van der Waals surface area contributed by atoms with Gasteiger partial charge in [-0.15, -0.1) is 0 Å². The van der Waals surface area contributed by atoms with Gasteiger partial charge in [-0.25, -0.2) is 0 Å². The minimum atomic E-state index is -0.476. The van der Waals surface area contributed by atoms with E-state index in [1.807, 2.05) is 37.3 Å². The molecule has 0 saturated carbocycles. The zero-order valence-corrected chi connectivity index (χ0v) is 9.44. The zero-order chi connectivity index (χ0) is 11.6. The van der Waals surface area contributed by atoms with E-state index in [1.54, 1.807) is 0 Å². The Morgan fingerprint density at radius 2 is 2.12 bits per heavy atom. The van der Waals surface area contributed by atoms with E-state index >= 15 is 0 Å². The molecule has 0 aliphatic carbocycles. The molecule has 1 fully saturated rings. The van der Waals surface area contributed by atoms with Gasteiger partial charge in [-0.2, -0.15) is 0 Å². The highest BCUT2D eigenvalue weighted by molar-refractivity contribution is 5.86. The number of rotatable bonds is 3. The van der Waals surface area contributed by atoms with E-state index in [4.69, 9.17) is 5.11 Å². The molecule has 0 unspecified atom stereocenters. The van der Waals surface area contributed by atoms with Crippen LogP contribution in [-0.2, 0) is 4.79 Å². The second-order valence-electron chi connectivity index (χ2n) is 4.56. The standard InChI is InChI=1S/C13H17NO2/c1-13(7-8-15)11(9-14-12(13)16)10-5-3-2-4-6-10/h2-6,11,15H,7-9H2,1H3,(H,14,16)/t11-,13-/m1/s1. The maximum Gasteiger partial charge on any atom is 0.226 e. The van der Waals surface area contributed by atoms with E-state index in [9.17, 15) is 4.79 Å². The molecule has 0 aromatic heterocycles. The highest BCUT2D eigenvalue weighted by Gasteiger charge is 2.46. The lowest BCUT2D eigenvalue weighted by Crippen LogP contribution is -2.32. The third-order valence-electron chi connectivity index (χ3n) is 3.59. The minimum absolute atomic E-state index is 0.0489. The van der Waals surface area contributed by atoms with E-state index in [1.165, 1.54) is 0 Å². The van der Waals surface area contributed by atoms with Gasteiger partial charge in [0.2, 0.25) is 5.91 Å². The Morgan fingerprint density at radius 1 is 1.44 bits per heavy atom. The molecule has 1 aromatic rings. The van der Waals surface area contributed by atoms with Crippen LogP contribution in [0.1, 0.15) is 24.8 Å². The maximum atomic E-state index is 11.8. The molecule has 1 aliphatic rings. The number of aliphatic hydroxyl groups excluding tert-OH is 1. The quantitative estimate of drug-likeness (QED) is 0.804. The number of hydrogen-bond donors (Lipinski definition) is 2. The van der Waals surface area contributed by atoms with Gasteiger partial charge >= 0.3 is 0 Å². The number of carbonyl (C=O) groups excluding carboxylic acids is 1. The average molecular weight is 219 g/mol. The third-order valence-corrected chi connectivity index (χ3v) is 3.59. The minimum Gasteiger partial charge on any atom is -0.396 e. The summed E-state index contributed by atoms with van der Waals surface area (Å²) in [5, 5.41) is 12.0. The van der Waals surface area contributed by atoms with Gasteiger partial charge in [-0.05, 0) is 12.0 Å². The summed E-state index contributed by atoms with van der Waals surface area (Å²) in [6.07, 6.45) is 0.512. The first-order chi connectivity index (χ1) is 7.68. The predicted octanol–water partition coefficient (Wildman–Crippen LogP) is 1.29. The van der Waals surface area contributed by atoms with Crippen LogP contribution in [0.25, 0.3) is 0 Å². The fraction of sp³-hybridized carbons (Fsp3) is 0.462.